The first-order valence-corrected chi connectivity index (χ1v) is 11.5. The third-order valence-corrected chi connectivity index (χ3v) is 5.95. The third-order valence-electron chi connectivity index (χ3n) is 5.41. The number of fused-ring (bicyclic) bond motifs is 2. The Hall–Kier alpha value is -3.79. The highest BCUT2D eigenvalue weighted by Crippen LogP contribution is 2.24. The SMILES string of the molecule is CSc1nc2nc(C)c(CC(=O)Nc3ccc4nc(-c5cccc(F)c5)[nH]c4c3)c(C)n2n1. The Morgan fingerprint density at radius 2 is 2.00 bits per heavy atom. The van der Waals surface area contributed by atoms with E-state index in [0.29, 0.717) is 28.0 Å². The molecule has 0 bridgehead atoms. The summed E-state index contributed by atoms with van der Waals surface area (Å²) in [6, 6.07) is 11.7. The highest BCUT2D eigenvalue weighted by molar-refractivity contribution is 7.98. The van der Waals surface area contributed by atoms with Gasteiger partial charge in [0.05, 0.1) is 17.5 Å². The second kappa shape index (κ2) is 8.28. The van der Waals surface area contributed by atoms with Gasteiger partial charge in [0, 0.05) is 28.2 Å². The highest BCUT2D eigenvalue weighted by atomic mass is 32.2. The molecule has 0 aliphatic heterocycles. The van der Waals surface area contributed by atoms with Gasteiger partial charge in [-0.2, -0.15) is 4.98 Å². The zero-order valence-electron chi connectivity index (χ0n) is 18.2. The third kappa shape index (κ3) is 4.05. The minimum atomic E-state index is -0.324. The number of hydrogen-bond donors (Lipinski definition) is 2. The minimum absolute atomic E-state index is 0.157. The number of hydrogen-bond acceptors (Lipinski definition) is 6. The molecule has 0 fully saturated rings. The molecule has 2 N–H and O–H groups in total. The summed E-state index contributed by atoms with van der Waals surface area (Å²) in [5, 5.41) is 8.00. The summed E-state index contributed by atoms with van der Waals surface area (Å²) in [7, 11) is 0. The normalized spacial score (nSPS) is 11.4. The molecule has 0 aliphatic rings. The van der Waals surface area contributed by atoms with Gasteiger partial charge in [-0.3, -0.25) is 4.79 Å². The number of rotatable bonds is 5. The van der Waals surface area contributed by atoms with E-state index in [-0.39, 0.29) is 18.1 Å². The van der Waals surface area contributed by atoms with Gasteiger partial charge in [0.1, 0.15) is 11.6 Å². The molecule has 10 heteroatoms. The number of halogens is 1. The number of aromatic amines is 1. The van der Waals surface area contributed by atoms with Crippen LogP contribution in [0.4, 0.5) is 10.1 Å². The number of aryl methyl sites for hydroxylation is 2. The van der Waals surface area contributed by atoms with Crippen LogP contribution in [-0.2, 0) is 11.2 Å². The van der Waals surface area contributed by atoms with Crippen molar-refractivity contribution in [3.05, 3.63) is 65.2 Å². The summed E-state index contributed by atoms with van der Waals surface area (Å²) >= 11 is 1.44. The molecular weight excluding hydrogens is 441 g/mol. The number of aromatic nitrogens is 6. The molecule has 166 valence electrons. The lowest BCUT2D eigenvalue weighted by molar-refractivity contribution is -0.115. The number of benzene rings is 2. The molecule has 8 nitrogen and oxygen atoms in total. The number of nitrogens with zero attached hydrogens (tertiary/aromatic N) is 5. The van der Waals surface area contributed by atoms with Gasteiger partial charge >= 0.3 is 0 Å². The molecule has 0 spiro atoms. The van der Waals surface area contributed by atoms with Gasteiger partial charge in [0.2, 0.25) is 11.1 Å². The molecule has 5 rings (SSSR count). The second-order valence-corrected chi connectivity index (χ2v) is 8.40. The van der Waals surface area contributed by atoms with E-state index in [1.807, 2.05) is 32.2 Å². The van der Waals surface area contributed by atoms with Crippen molar-refractivity contribution in [2.24, 2.45) is 0 Å². The molecule has 3 heterocycles. The van der Waals surface area contributed by atoms with Crippen LogP contribution in [0.2, 0.25) is 0 Å². The number of nitrogens with one attached hydrogen (secondary N) is 2. The van der Waals surface area contributed by atoms with E-state index in [4.69, 9.17) is 0 Å². The summed E-state index contributed by atoms with van der Waals surface area (Å²) in [5.41, 5.74) is 5.16. The lowest BCUT2D eigenvalue weighted by Gasteiger charge is -2.11. The Kier molecular flexibility index (Phi) is 5.29. The van der Waals surface area contributed by atoms with Crippen LogP contribution in [0.5, 0.6) is 0 Å². The fraction of sp³-hybridized carbons (Fsp3) is 0.174. The Bertz CT molecular complexity index is 1520. The first kappa shape index (κ1) is 21.1. The first-order chi connectivity index (χ1) is 15.9. The van der Waals surface area contributed by atoms with Gasteiger partial charge in [-0.25, -0.2) is 18.9 Å². The average molecular weight is 462 g/mol. The summed E-state index contributed by atoms with van der Waals surface area (Å²) in [6.45, 7) is 3.78. The van der Waals surface area contributed by atoms with Gasteiger partial charge in [-0.05, 0) is 50.4 Å². The quantitative estimate of drug-likeness (QED) is 0.378. The van der Waals surface area contributed by atoms with Crippen LogP contribution in [0, 0.1) is 19.7 Å². The van der Waals surface area contributed by atoms with Gasteiger partial charge in [0.15, 0.2) is 0 Å². The van der Waals surface area contributed by atoms with E-state index in [1.165, 1.54) is 23.9 Å². The molecule has 2 aromatic carbocycles. The van der Waals surface area contributed by atoms with E-state index in [9.17, 15) is 9.18 Å². The van der Waals surface area contributed by atoms with E-state index >= 15 is 0 Å². The van der Waals surface area contributed by atoms with Crippen LogP contribution in [0.25, 0.3) is 28.2 Å². The number of amides is 1. The van der Waals surface area contributed by atoms with Crippen LogP contribution in [0.1, 0.15) is 17.0 Å². The Morgan fingerprint density at radius 3 is 2.79 bits per heavy atom. The average Bonchev–Trinajstić information content (AvgIpc) is 3.40. The second-order valence-electron chi connectivity index (χ2n) is 7.62. The number of carbonyl (C=O) groups is 1. The van der Waals surface area contributed by atoms with Crippen molar-refractivity contribution in [1.29, 1.82) is 0 Å². The molecule has 33 heavy (non-hydrogen) atoms. The van der Waals surface area contributed by atoms with Crippen molar-refractivity contribution in [1.82, 2.24) is 29.5 Å². The lowest BCUT2D eigenvalue weighted by Crippen LogP contribution is -2.17. The standard InChI is InChI=1S/C23H20FN7OS/c1-12-17(13(2)31-22(25-12)29-23(30-31)33-3)11-20(32)26-16-7-8-18-19(10-16)28-21(27-18)14-5-4-6-15(24)9-14/h4-10H,11H2,1-3H3,(H,26,32)(H,27,28). The topological polar surface area (TPSA) is 101 Å². The molecule has 1 amide bonds. The van der Waals surface area contributed by atoms with Crippen LogP contribution < -0.4 is 5.32 Å². The molecule has 0 aliphatic carbocycles. The lowest BCUT2D eigenvalue weighted by atomic mass is 10.1. The summed E-state index contributed by atoms with van der Waals surface area (Å²) in [5.74, 6) is 0.597. The van der Waals surface area contributed by atoms with Gasteiger partial charge < -0.3 is 10.3 Å². The molecule has 0 saturated carbocycles. The Labute approximate surface area is 192 Å². The van der Waals surface area contributed by atoms with Crippen molar-refractivity contribution in [2.75, 3.05) is 11.6 Å². The minimum Gasteiger partial charge on any atom is -0.338 e. The first-order valence-electron chi connectivity index (χ1n) is 10.2. The predicted molar refractivity (Wildman–Crippen MR) is 126 cm³/mol. The monoisotopic (exact) mass is 461 g/mol. The van der Waals surface area contributed by atoms with Crippen molar-refractivity contribution in [3.63, 3.8) is 0 Å². The molecular formula is C23H20FN7OS. The number of anilines is 1. The zero-order chi connectivity index (χ0) is 23.1. The molecule has 0 unspecified atom stereocenters. The maximum absolute atomic E-state index is 13.6. The molecule has 5 aromatic rings. The largest absolute Gasteiger partial charge is 0.338 e. The predicted octanol–water partition coefficient (Wildman–Crippen LogP) is 4.33. The van der Waals surface area contributed by atoms with Crippen LogP contribution in [0.3, 0.4) is 0 Å². The van der Waals surface area contributed by atoms with Gasteiger partial charge in [0.25, 0.3) is 5.78 Å². The molecule has 0 radical (unpaired) electrons. The van der Waals surface area contributed by atoms with Crippen molar-refractivity contribution < 1.29 is 9.18 Å². The molecule has 3 aromatic heterocycles. The highest BCUT2D eigenvalue weighted by Gasteiger charge is 2.16. The molecule has 0 saturated heterocycles. The number of thioether (sulfide) groups is 1. The summed E-state index contributed by atoms with van der Waals surface area (Å²) in [4.78, 5) is 29.4. The maximum atomic E-state index is 13.6. The van der Waals surface area contributed by atoms with Crippen molar-refractivity contribution in [2.45, 2.75) is 25.4 Å². The summed E-state index contributed by atoms with van der Waals surface area (Å²) < 4.78 is 15.2. The maximum Gasteiger partial charge on any atom is 0.253 e. The van der Waals surface area contributed by atoms with E-state index < -0.39 is 0 Å². The number of carbonyl (C=O) groups excluding carboxylic acids is 1. The Balaban J connectivity index is 1.38. The van der Waals surface area contributed by atoms with Crippen molar-refractivity contribution in [3.8, 4) is 11.4 Å². The van der Waals surface area contributed by atoms with E-state index in [2.05, 4.69) is 30.4 Å². The number of H-pyrrole nitrogens is 1. The van der Waals surface area contributed by atoms with Gasteiger partial charge in [-0.1, -0.05) is 23.9 Å². The molecule has 0 atom stereocenters. The van der Waals surface area contributed by atoms with Crippen molar-refractivity contribution >= 4 is 40.2 Å². The Morgan fingerprint density at radius 1 is 1.15 bits per heavy atom. The summed E-state index contributed by atoms with van der Waals surface area (Å²) in [6.07, 6.45) is 2.06. The van der Waals surface area contributed by atoms with E-state index in [1.54, 1.807) is 22.7 Å². The smallest absolute Gasteiger partial charge is 0.253 e. The van der Waals surface area contributed by atoms with Crippen LogP contribution >= 0.6 is 11.8 Å². The fourth-order valence-corrected chi connectivity index (χ4v) is 4.09. The zero-order valence-corrected chi connectivity index (χ0v) is 19.0. The fourth-order valence-electron chi connectivity index (χ4n) is 3.76. The van der Waals surface area contributed by atoms with E-state index in [0.717, 1.165) is 28.0 Å². The van der Waals surface area contributed by atoms with Crippen LogP contribution in [0.15, 0.2) is 47.6 Å². The number of imidazole rings is 1. The van der Waals surface area contributed by atoms with Crippen LogP contribution in [-0.4, -0.2) is 41.7 Å². The van der Waals surface area contributed by atoms with Gasteiger partial charge in [-0.15, -0.1) is 5.10 Å².